The Morgan fingerprint density at radius 2 is 2.12 bits per heavy atom. The zero-order valence-corrected chi connectivity index (χ0v) is 9.24. The Kier molecular flexibility index (Phi) is 1.86. The van der Waals surface area contributed by atoms with Gasteiger partial charge in [0.25, 0.3) is 0 Å². The van der Waals surface area contributed by atoms with Crippen LogP contribution in [0.25, 0.3) is 22.4 Å². The summed E-state index contributed by atoms with van der Waals surface area (Å²) >= 11 is 0. The van der Waals surface area contributed by atoms with E-state index in [-0.39, 0.29) is 0 Å². The van der Waals surface area contributed by atoms with Gasteiger partial charge in [0.15, 0.2) is 0 Å². The van der Waals surface area contributed by atoms with Gasteiger partial charge in [-0.1, -0.05) is 6.07 Å². The van der Waals surface area contributed by atoms with Crippen LogP contribution >= 0.6 is 0 Å². The van der Waals surface area contributed by atoms with Crippen molar-refractivity contribution in [2.24, 2.45) is 0 Å². The summed E-state index contributed by atoms with van der Waals surface area (Å²) in [4.78, 5) is 7.89. The van der Waals surface area contributed by atoms with Gasteiger partial charge in [0.1, 0.15) is 12.1 Å². The van der Waals surface area contributed by atoms with Gasteiger partial charge in [-0.25, -0.2) is 4.98 Å². The first kappa shape index (κ1) is 9.21. The number of fused-ring (bicyclic) bond motifs is 1. The highest BCUT2D eigenvalue weighted by Crippen LogP contribution is 2.23. The average Bonchev–Trinajstić information content (AvgIpc) is 2.82. The largest absolute Gasteiger partial charge is 0.472 e. The van der Waals surface area contributed by atoms with Crippen molar-refractivity contribution < 1.29 is 4.42 Å². The number of aryl methyl sites for hydroxylation is 2. The standard InChI is InChI=1S/C13H12N2O/c1-8-5-9(2)12-11(6-8)14-13(15-12)10-3-4-16-7-10/h3-7H,1-2H3,(H,14,15). The van der Waals surface area contributed by atoms with Gasteiger partial charge in [-0.2, -0.15) is 0 Å². The number of aromatic amines is 1. The second kappa shape index (κ2) is 3.23. The summed E-state index contributed by atoms with van der Waals surface area (Å²) in [6.07, 6.45) is 3.35. The molecule has 1 N–H and O–H groups in total. The second-order valence-corrected chi connectivity index (χ2v) is 4.08. The molecule has 0 unspecified atom stereocenters. The van der Waals surface area contributed by atoms with Crippen molar-refractivity contribution in [1.82, 2.24) is 9.97 Å². The minimum absolute atomic E-state index is 0.859. The summed E-state index contributed by atoms with van der Waals surface area (Å²) in [5.74, 6) is 0.859. The molecular weight excluding hydrogens is 200 g/mol. The SMILES string of the molecule is Cc1cc(C)c2nc(-c3ccoc3)[nH]c2c1. The molecule has 0 atom stereocenters. The van der Waals surface area contributed by atoms with Crippen LogP contribution in [0.2, 0.25) is 0 Å². The predicted octanol–water partition coefficient (Wildman–Crippen LogP) is 3.44. The molecule has 3 heteroatoms. The lowest BCUT2D eigenvalue weighted by atomic mass is 10.1. The summed E-state index contributed by atoms with van der Waals surface area (Å²) < 4.78 is 5.06. The highest BCUT2D eigenvalue weighted by Gasteiger charge is 2.08. The number of rotatable bonds is 1. The first-order valence-corrected chi connectivity index (χ1v) is 5.23. The molecule has 0 amide bonds. The first-order valence-electron chi connectivity index (χ1n) is 5.23. The van der Waals surface area contributed by atoms with Crippen molar-refractivity contribution in [2.45, 2.75) is 13.8 Å². The van der Waals surface area contributed by atoms with Crippen LogP contribution in [0.3, 0.4) is 0 Å². The summed E-state index contributed by atoms with van der Waals surface area (Å²) in [7, 11) is 0. The van der Waals surface area contributed by atoms with Crippen LogP contribution in [0.5, 0.6) is 0 Å². The van der Waals surface area contributed by atoms with E-state index in [1.807, 2.05) is 6.07 Å². The van der Waals surface area contributed by atoms with Crippen LogP contribution in [0.15, 0.2) is 35.1 Å². The molecule has 0 radical (unpaired) electrons. The van der Waals surface area contributed by atoms with Gasteiger partial charge in [0.05, 0.1) is 22.9 Å². The molecule has 0 saturated heterocycles. The number of furan rings is 1. The van der Waals surface area contributed by atoms with Crippen molar-refractivity contribution in [2.75, 3.05) is 0 Å². The maximum atomic E-state index is 5.06. The minimum Gasteiger partial charge on any atom is -0.472 e. The summed E-state index contributed by atoms with van der Waals surface area (Å²) in [6, 6.07) is 6.15. The molecule has 0 aliphatic carbocycles. The molecule has 80 valence electrons. The fraction of sp³-hybridized carbons (Fsp3) is 0.154. The average molecular weight is 212 g/mol. The number of H-pyrrole nitrogens is 1. The van der Waals surface area contributed by atoms with Crippen LogP contribution in [0.4, 0.5) is 0 Å². The Labute approximate surface area is 93.1 Å². The molecule has 3 aromatic rings. The monoisotopic (exact) mass is 212 g/mol. The van der Waals surface area contributed by atoms with Crippen molar-refractivity contribution >= 4 is 11.0 Å². The number of hydrogen-bond donors (Lipinski definition) is 1. The molecule has 0 fully saturated rings. The van der Waals surface area contributed by atoms with Crippen LogP contribution in [-0.2, 0) is 0 Å². The summed E-state index contributed by atoms with van der Waals surface area (Å²) in [5.41, 5.74) is 5.53. The number of imidazole rings is 1. The quantitative estimate of drug-likeness (QED) is 0.671. The van der Waals surface area contributed by atoms with E-state index in [1.54, 1.807) is 12.5 Å². The van der Waals surface area contributed by atoms with E-state index in [0.29, 0.717) is 0 Å². The normalized spacial score (nSPS) is 11.1. The molecule has 1 aromatic carbocycles. The van der Waals surface area contributed by atoms with Crippen molar-refractivity contribution in [3.63, 3.8) is 0 Å². The molecule has 16 heavy (non-hydrogen) atoms. The Morgan fingerprint density at radius 3 is 2.88 bits per heavy atom. The second-order valence-electron chi connectivity index (χ2n) is 4.08. The van der Waals surface area contributed by atoms with E-state index >= 15 is 0 Å². The molecule has 2 heterocycles. The zero-order valence-electron chi connectivity index (χ0n) is 9.24. The topological polar surface area (TPSA) is 41.8 Å². The Morgan fingerprint density at radius 1 is 1.25 bits per heavy atom. The molecule has 0 aliphatic rings. The fourth-order valence-corrected chi connectivity index (χ4v) is 2.01. The summed E-state index contributed by atoms with van der Waals surface area (Å²) in [5, 5.41) is 0. The molecule has 0 bridgehead atoms. The minimum atomic E-state index is 0.859. The molecule has 3 nitrogen and oxygen atoms in total. The van der Waals surface area contributed by atoms with Gasteiger partial charge < -0.3 is 9.40 Å². The number of hydrogen-bond acceptors (Lipinski definition) is 2. The first-order chi connectivity index (χ1) is 7.74. The van der Waals surface area contributed by atoms with Gasteiger partial charge in [-0.3, -0.25) is 0 Å². The van der Waals surface area contributed by atoms with Gasteiger partial charge >= 0.3 is 0 Å². The van der Waals surface area contributed by atoms with E-state index in [9.17, 15) is 0 Å². The molecular formula is C13H12N2O. The van der Waals surface area contributed by atoms with Gasteiger partial charge in [-0.15, -0.1) is 0 Å². The molecule has 2 aromatic heterocycles. The number of nitrogens with one attached hydrogen (secondary N) is 1. The van der Waals surface area contributed by atoms with Crippen LogP contribution < -0.4 is 0 Å². The van der Waals surface area contributed by atoms with Crippen molar-refractivity contribution in [3.8, 4) is 11.4 Å². The van der Waals surface area contributed by atoms with E-state index < -0.39 is 0 Å². The highest BCUT2D eigenvalue weighted by molar-refractivity contribution is 5.82. The Hall–Kier alpha value is -2.03. The third-order valence-corrected chi connectivity index (χ3v) is 2.72. The molecule has 0 spiro atoms. The van der Waals surface area contributed by atoms with E-state index in [2.05, 4.69) is 35.9 Å². The van der Waals surface area contributed by atoms with Crippen LogP contribution in [0, 0.1) is 13.8 Å². The molecule has 3 rings (SSSR count). The fourth-order valence-electron chi connectivity index (χ4n) is 2.01. The lowest BCUT2D eigenvalue weighted by Crippen LogP contribution is -1.79. The number of aromatic nitrogens is 2. The lowest BCUT2D eigenvalue weighted by molar-refractivity contribution is 0.568. The number of benzene rings is 1. The van der Waals surface area contributed by atoms with Gasteiger partial charge in [0, 0.05) is 0 Å². The van der Waals surface area contributed by atoms with Crippen LogP contribution in [0.1, 0.15) is 11.1 Å². The third-order valence-electron chi connectivity index (χ3n) is 2.72. The maximum absolute atomic E-state index is 5.06. The maximum Gasteiger partial charge on any atom is 0.141 e. The van der Waals surface area contributed by atoms with Gasteiger partial charge in [0.2, 0.25) is 0 Å². The van der Waals surface area contributed by atoms with Crippen molar-refractivity contribution in [3.05, 3.63) is 41.9 Å². The van der Waals surface area contributed by atoms with Crippen molar-refractivity contribution in [1.29, 1.82) is 0 Å². The van der Waals surface area contributed by atoms with E-state index in [4.69, 9.17) is 4.42 Å². The predicted molar refractivity (Wildman–Crippen MR) is 63.3 cm³/mol. The summed E-state index contributed by atoms with van der Waals surface area (Å²) in [6.45, 7) is 4.17. The Bertz CT molecular complexity index is 635. The lowest BCUT2D eigenvalue weighted by Gasteiger charge is -1.96. The highest BCUT2D eigenvalue weighted by atomic mass is 16.3. The van der Waals surface area contributed by atoms with E-state index in [1.165, 1.54) is 11.1 Å². The smallest absolute Gasteiger partial charge is 0.141 e. The van der Waals surface area contributed by atoms with E-state index in [0.717, 1.165) is 22.4 Å². The third kappa shape index (κ3) is 1.33. The van der Waals surface area contributed by atoms with Gasteiger partial charge in [-0.05, 0) is 37.1 Å². The Balaban J connectivity index is 2.27. The molecule has 0 aliphatic heterocycles. The number of nitrogens with zero attached hydrogens (tertiary/aromatic N) is 1. The zero-order chi connectivity index (χ0) is 11.1. The van der Waals surface area contributed by atoms with Crippen LogP contribution in [-0.4, -0.2) is 9.97 Å². The molecule has 0 saturated carbocycles.